The van der Waals surface area contributed by atoms with Gasteiger partial charge in [0, 0.05) is 29.8 Å². The summed E-state index contributed by atoms with van der Waals surface area (Å²) >= 11 is 4.68. The Bertz CT molecular complexity index is 817. The molecule has 4 rings (SSSR count). The smallest absolute Gasteiger partial charge is 0.181 e. The summed E-state index contributed by atoms with van der Waals surface area (Å²) in [5.41, 5.74) is 2.28. The van der Waals surface area contributed by atoms with Crippen LogP contribution in [0.25, 0.3) is 6.08 Å². The van der Waals surface area contributed by atoms with E-state index in [-0.39, 0.29) is 22.8 Å². The van der Waals surface area contributed by atoms with Crippen molar-refractivity contribution in [1.82, 2.24) is 9.88 Å². The standard InChI is InChI=1S/C20H21FN2O2S/c21-17-4-2-1-3-16(17)19(20(24)13-5-6-13)23-8-7-18(26)14(10-23)9-15-11-25-12-22-15/h1-4,9,11-13,18-19,26H,5-8,10H2. The molecule has 1 aliphatic heterocycles. The monoisotopic (exact) mass is 372 g/mol. The number of benzene rings is 1. The lowest BCUT2D eigenvalue weighted by Gasteiger charge is -2.37. The number of aromatic nitrogens is 1. The van der Waals surface area contributed by atoms with Crippen LogP contribution in [-0.4, -0.2) is 34.0 Å². The quantitative estimate of drug-likeness (QED) is 0.808. The third kappa shape index (κ3) is 3.62. The van der Waals surface area contributed by atoms with Crippen LogP contribution in [0.2, 0.25) is 0 Å². The highest BCUT2D eigenvalue weighted by Crippen LogP contribution is 2.39. The fraction of sp³-hybridized carbons (Fsp3) is 0.400. The maximum Gasteiger partial charge on any atom is 0.181 e. The molecular formula is C20H21FN2O2S. The van der Waals surface area contributed by atoms with Gasteiger partial charge in [-0.3, -0.25) is 9.69 Å². The van der Waals surface area contributed by atoms with Gasteiger partial charge in [-0.25, -0.2) is 9.37 Å². The van der Waals surface area contributed by atoms with Crippen LogP contribution >= 0.6 is 12.6 Å². The lowest BCUT2D eigenvalue weighted by atomic mass is 9.93. The van der Waals surface area contributed by atoms with Crippen molar-refractivity contribution in [3.8, 4) is 0 Å². The molecule has 0 spiro atoms. The predicted molar refractivity (Wildman–Crippen MR) is 100 cm³/mol. The van der Waals surface area contributed by atoms with Gasteiger partial charge in [-0.1, -0.05) is 18.2 Å². The Labute approximate surface area is 157 Å². The van der Waals surface area contributed by atoms with Gasteiger partial charge in [-0.15, -0.1) is 0 Å². The van der Waals surface area contributed by atoms with Crippen molar-refractivity contribution < 1.29 is 13.6 Å². The van der Waals surface area contributed by atoms with Crippen LogP contribution in [0.1, 0.15) is 36.6 Å². The van der Waals surface area contributed by atoms with Gasteiger partial charge in [0.1, 0.15) is 17.8 Å². The highest BCUT2D eigenvalue weighted by molar-refractivity contribution is 7.81. The number of rotatable bonds is 5. The SMILES string of the molecule is O=C(C1CC1)C(c1ccccc1F)N1CCC(S)C(=Cc2cocn2)C1. The molecule has 1 aromatic carbocycles. The summed E-state index contributed by atoms with van der Waals surface area (Å²) < 4.78 is 19.5. The summed E-state index contributed by atoms with van der Waals surface area (Å²) in [4.78, 5) is 19.2. The largest absolute Gasteiger partial charge is 0.451 e. The third-order valence-corrected chi connectivity index (χ3v) is 5.69. The molecule has 0 N–H and O–H groups in total. The first kappa shape index (κ1) is 17.5. The average Bonchev–Trinajstić information content (AvgIpc) is 3.37. The number of hydrogen-bond donors (Lipinski definition) is 1. The van der Waals surface area contributed by atoms with Crippen LogP contribution in [0.4, 0.5) is 4.39 Å². The predicted octanol–water partition coefficient (Wildman–Crippen LogP) is 3.92. The molecule has 0 bridgehead atoms. The molecule has 6 heteroatoms. The zero-order chi connectivity index (χ0) is 18.1. The molecule has 0 radical (unpaired) electrons. The van der Waals surface area contributed by atoms with Gasteiger partial charge >= 0.3 is 0 Å². The van der Waals surface area contributed by atoms with Crippen molar-refractivity contribution in [3.05, 3.63) is 59.6 Å². The van der Waals surface area contributed by atoms with Gasteiger partial charge in [0.15, 0.2) is 12.2 Å². The summed E-state index contributed by atoms with van der Waals surface area (Å²) in [7, 11) is 0. The number of carbonyl (C=O) groups is 1. The molecule has 0 amide bonds. The van der Waals surface area contributed by atoms with Crippen molar-refractivity contribution >= 4 is 24.5 Å². The van der Waals surface area contributed by atoms with Gasteiger partial charge < -0.3 is 4.42 Å². The summed E-state index contributed by atoms with van der Waals surface area (Å²) in [6.45, 7) is 1.28. The van der Waals surface area contributed by atoms with Gasteiger partial charge in [0.2, 0.25) is 0 Å². The number of ketones is 1. The molecule has 1 saturated carbocycles. The second kappa shape index (κ2) is 7.37. The number of nitrogens with zero attached hydrogens (tertiary/aromatic N) is 2. The topological polar surface area (TPSA) is 46.3 Å². The lowest BCUT2D eigenvalue weighted by molar-refractivity contribution is -0.126. The van der Waals surface area contributed by atoms with Crippen molar-refractivity contribution in [1.29, 1.82) is 0 Å². The Balaban J connectivity index is 1.65. The van der Waals surface area contributed by atoms with E-state index >= 15 is 0 Å². The molecule has 1 saturated heterocycles. The Morgan fingerprint density at radius 2 is 2.15 bits per heavy atom. The molecular weight excluding hydrogens is 351 g/mol. The van der Waals surface area contributed by atoms with E-state index in [9.17, 15) is 9.18 Å². The van der Waals surface area contributed by atoms with E-state index in [1.54, 1.807) is 24.5 Å². The highest BCUT2D eigenvalue weighted by atomic mass is 32.1. The van der Waals surface area contributed by atoms with E-state index in [0.717, 1.165) is 30.5 Å². The Kier molecular flexibility index (Phi) is 4.96. The minimum absolute atomic E-state index is 0.0660. The number of piperidine rings is 1. The minimum Gasteiger partial charge on any atom is -0.451 e. The molecule has 2 atom stereocenters. The first-order valence-corrected chi connectivity index (χ1v) is 9.44. The number of Topliss-reactive ketones (excluding diaryl/α,β-unsaturated/α-hetero) is 1. The van der Waals surface area contributed by atoms with E-state index < -0.39 is 6.04 Å². The fourth-order valence-electron chi connectivity index (χ4n) is 3.56. The van der Waals surface area contributed by atoms with Crippen LogP contribution in [0, 0.1) is 11.7 Å². The van der Waals surface area contributed by atoms with E-state index in [4.69, 9.17) is 4.42 Å². The first-order valence-electron chi connectivity index (χ1n) is 8.92. The summed E-state index contributed by atoms with van der Waals surface area (Å²) in [5.74, 6) is -0.119. The molecule has 1 aromatic heterocycles. The number of likely N-dealkylation sites (tertiary alicyclic amines) is 1. The number of carbonyl (C=O) groups excluding carboxylic acids is 1. The molecule has 26 heavy (non-hydrogen) atoms. The Morgan fingerprint density at radius 1 is 1.35 bits per heavy atom. The van der Waals surface area contributed by atoms with Crippen molar-refractivity contribution in [2.45, 2.75) is 30.6 Å². The van der Waals surface area contributed by atoms with Crippen molar-refractivity contribution in [3.63, 3.8) is 0 Å². The summed E-state index contributed by atoms with van der Waals surface area (Å²) in [6.07, 6.45) is 7.54. The normalized spacial score (nSPS) is 23.9. The number of thiol groups is 1. The van der Waals surface area contributed by atoms with Crippen LogP contribution in [0.3, 0.4) is 0 Å². The second-order valence-corrected chi connectivity index (χ2v) is 7.63. The molecule has 2 aliphatic rings. The van der Waals surface area contributed by atoms with Crippen LogP contribution in [0.5, 0.6) is 0 Å². The molecule has 4 nitrogen and oxygen atoms in total. The van der Waals surface area contributed by atoms with Crippen LogP contribution < -0.4 is 0 Å². The fourth-order valence-corrected chi connectivity index (χ4v) is 3.83. The molecule has 2 fully saturated rings. The first-order chi connectivity index (χ1) is 12.6. The molecule has 2 unspecified atom stereocenters. The van der Waals surface area contributed by atoms with Crippen LogP contribution in [-0.2, 0) is 4.79 Å². The van der Waals surface area contributed by atoms with Gasteiger partial charge in [-0.05, 0) is 37.0 Å². The third-order valence-electron chi connectivity index (χ3n) is 5.10. The zero-order valence-corrected chi connectivity index (χ0v) is 15.2. The molecule has 2 aromatic rings. The highest BCUT2D eigenvalue weighted by Gasteiger charge is 2.40. The molecule has 2 heterocycles. The van der Waals surface area contributed by atoms with E-state index in [0.29, 0.717) is 18.7 Å². The van der Waals surface area contributed by atoms with Gasteiger partial charge in [0.25, 0.3) is 0 Å². The average molecular weight is 372 g/mol. The number of halogens is 1. The Hall–Kier alpha value is -1.92. The van der Waals surface area contributed by atoms with E-state index in [1.165, 1.54) is 12.5 Å². The zero-order valence-electron chi connectivity index (χ0n) is 14.3. The minimum atomic E-state index is -0.537. The van der Waals surface area contributed by atoms with E-state index in [1.807, 2.05) is 6.08 Å². The summed E-state index contributed by atoms with van der Waals surface area (Å²) in [6, 6.07) is 6.08. The molecule has 1 aliphatic carbocycles. The molecule has 136 valence electrons. The lowest BCUT2D eigenvalue weighted by Crippen LogP contribution is -2.42. The maximum atomic E-state index is 14.5. The summed E-state index contributed by atoms with van der Waals surface area (Å²) in [5, 5.41) is 0.0975. The van der Waals surface area contributed by atoms with Crippen LogP contribution in [0.15, 0.2) is 46.9 Å². The number of hydrogen-bond acceptors (Lipinski definition) is 5. The van der Waals surface area contributed by atoms with Gasteiger partial charge in [0.05, 0.1) is 6.04 Å². The van der Waals surface area contributed by atoms with Crippen molar-refractivity contribution in [2.24, 2.45) is 5.92 Å². The van der Waals surface area contributed by atoms with E-state index in [2.05, 4.69) is 22.5 Å². The van der Waals surface area contributed by atoms with Crippen molar-refractivity contribution in [2.75, 3.05) is 13.1 Å². The Morgan fingerprint density at radius 3 is 2.85 bits per heavy atom. The number of oxazole rings is 1. The van der Waals surface area contributed by atoms with Gasteiger partial charge in [-0.2, -0.15) is 12.6 Å². The second-order valence-electron chi connectivity index (χ2n) is 7.01. The maximum absolute atomic E-state index is 14.5.